The molecule has 0 aliphatic rings. The molecule has 0 bridgehead atoms. The van der Waals surface area contributed by atoms with Crippen molar-refractivity contribution in [1.82, 2.24) is 5.32 Å². The van der Waals surface area contributed by atoms with Gasteiger partial charge in [0.1, 0.15) is 0 Å². The first-order valence-corrected chi connectivity index (χ1v) is 5.28. The van der Waals surface area contributed by atoms with E-state index < -0.39 is 18.1 Å². The molecule has 0 saturated carbocycles. The van der Waals surface area contributed by atoms with Crippen LogP contribution in [0.2, 0.25) is 0 Å². The molecule has 1 unspecified atom stereocenters. The minimum Gasteiger partial charge on any atom is -0.394 e. The zero-order valence-corrected chi connectivity index (χ0v) is 9.64. The number of aliphatic hydroxyl groups excluding tert-OH is 2. The second kappa shape index (κ2) is 6.42. The molecule has 16 heavy (non-hydrogen) atoms. The highest BCUT2D eigenvalue weighted by Gasteiger charge is 2.28. The van der Waals surface area contributed by atoms with Crippen LogP contribution in [0.4, 0.5) is 13.2 Å². The summed E-state index contributed by atoms with van der Waals surface area (Å²) in [6.45, 7) is 2.84. The Labute approximate surface area is 93.7 Å². The van der Waals surface area contributed by atoms with Gasteiger partial charge >= 0.3 is 6.18 Å². The highest BCUT2D eigenvalue weighted by molar-refractivity contribution is 4.84. The van der Waals surface area contributed by atoms with E-state index in [9.17, 15) is 13.2 Å². The summed E-state index contributed by atoms with van der Waals surface area (Å²) in [6.07, 6.45) is -4.51. The summed E-state index contributed by atoms with van der Waals surface area (Å²) in [5.41, 5.74) is -0.836. The zero-order chi connectivity index (χ0) is 12.8. The van der Waals surface area contributed by atoms with E-state index in [1.165, 1.54) is 0 Å². The van der Waals surface area contributed by atoms with Gasteiger partial charge in [-0.1, -0.05) is 0 Å². The van der Waals surface area contributed by atoms with Crippen LogP contribution in [0.5, 0.6) is 0 Å². The predicted octanol–water partition coefficient (Wildman–Crippen LogP) is 1.44. The standard InChI is InChI=1S/C10H20F3NO2/c1-8(4-3-5-10(11,12)13)14-9(2,6-15)7-16/h8,14-16H,3-7H2,1-2H3. The van der Waals surface area contributed by atoms with Crippen LogP contribution in [0.25, 0.3) is 0 Å². The summed E-state index contributed by atoms with van der Waals surface area (Å²) in [6, 6.07) is -0.174. The fourth-order valence-electron chi connectivity index (χ4n) is 1.42. The molecule has 0 aromatic heterocycles. The first-order valence-electron chi connectivity index (χ1n) is 5.28. The van der Waals surface area contributed by atoms with Crippen molar-refractivity contribution in [3.63, 3.8) is 0 Å². The number of hydrogen-bond acceptors (Lipinski definition) is 3. The quantitative estimate of drug-likeness (QED) is 0.634. The number of hydrogen-bond donors (Lipinski definition) is 3. The summed E-state index contributed by atoms with van der Waals surface area (Å²) in [4.78, 5) is 0. The second-order valence-electron chi connectivity index (χ2n) is 4.43. The average Bonchev–Trinajstić information content (AvgIpc) is 2.15. The van der Waals surface area contributed by atoms with Crippen LogP contribution in [0.3, 0.4) is 0 Å². The van der Waals surface area contributed by atoms with Crippen molar-refractivity contribution in [1.29, 1.82) is 0 Å². The van der Waals surface area contributed by atoms with Crippen LogP contribution >= 0.6 is 0 Å². The van der Waals surface area contributed by atoms with Crippen molar-refractivity contribution < 1.29 is 23.4 Å². The van der Waals surface area contributed by atoms with Gasteiger partial charge in [-0.2, -0.15) is 13.2 Å². The molecule has 0 aromatic carbocycles. The van der Waals surface area contributed by atoms with E-state index in [0.29, 0.717) is 6.42 Å². The van der Waals surface area contributed by atoms with Crippen molar-refractivity contribution in [2.45, 2.75) is 50.9 Å². The molecule has 0 aliphatic heterocycles. The van der Waals surface area contributed by atoms with Gasteiger partial charge in [-0.05, 0) is 26.7 Å². The van der Waals surface area contributed by atoms with E-state index in [0.717, 1.165) is 0 Å². The lowest BCUT2D eigenvalue weighted by atomic mass is 10.0. The van der Waals surface area contributed by atoms with E-state index in [-0.39, 0.29) is 25.7 Å². The van der Waals surface area contributed by atoms with Crippen LogP contribution in [0.15, 0.2) is 0 Å². The van der Waals surface area contributed by atoms with Crippen molar-refractivity contribution in [3.05, 3.63) is 0 Å². The third kappa shape index (κ3) is 7.03. The van der Waals surface area contributed by atoms with Gasteiger partial charge in [-0.25, -0.2) is 0 Å². The first-order chi connectivity index (χ1) is 7.22. The maximum absolute atomic E-state index is 11.9. The third-order valence-corrected chi connectivity index (χ3v) is 2.39. The van der Waals surface area contributed by atoms with Crippen LogP contribution in [0.1, 0.15) is 33.1 Å². The third-order valence-electron chi connectivity index (χ3n) is 2.39. The van der Waals surface area contributed by atoms with Gasteiger partial charge in [-0.15, -0.1) is 0 Å². The van der Waals surface area contributed by atoms with E-state index in [2.05, 4.69) is 5.32 Å². The second-order valence-corrected chi connectivity index (χ2v) is 4.43. The summed E-state index contributed by atoms with van der Waals surface area (Å²) < 4.78 is 35.6. The van der Waals surface area contributed by atoms with Crippen molar-refractivity contribution in [2.75, 3.05) is 13.2 Å². The fraction of sp³-hybridized carbons (Fsp3) is 1.00. The summed E-state index contributed by atoms with van der Waals surface area (Å²) in [5.74, 6) is 0. The van der Waals surface area contributed by atoms with Gasteiger partial charge < -0.3 is 15.5 Å². The smallest absolute Gasteiger partial charge is 0.389 e. The van der Waals surface area contributed by atoms with E-state index in [4.69, 9.17) is 10.2 Å². The van der Waals surface area contributed by atoms with Gasteiger partial charge in [0, 0.05) is 12.5 Å². The summed E-state index contributed by atoms with van der Waals surface area (Å²) in [7, 11) is 0. The Balaban J connectivity index is 3.86. The molecule has 0 fully saturated rings. The minimum absolute atomic E-state index is 0.0462. The van der Waals surface area contributed by atoms with Crippen molar-refractivity contribution in [3.8, 4) is 0 Å². The Morgan fingerprint density at radius 1 is 1.19 bits per heavy atom. The normalized spacial score (nSPS) is 15.2. The molecule has 0 radical (unpaired) electrons. The Morgan fingerprint density at radius 2 is 1.69 bits per heavy atom. The monoisotopic (exact) mass is 243 g/mol. The molecule has 98 valence electrons. The molecule has 0 heterocycles. The van der Waals surface area contributed by atoms with Crippen LogP contribution < -0.4 is 5.32 Å². The molecular weight excluding hydrogens is 223 g/mol. The number of halogens is 3. The van der Waals surface area contributed by atoms with Gasteiger partial charge in [0.2, 0.25) is 0 Å². The minimum atomic E-state index is -4.11. The van der Waals surface area contributed by atoms with Crippen molar-refractivity contribution in [2.24, 2.45) is 0 Å². The highest BCUT2D eigenvalue weighted by atomic mass is 19.4. The zero-order valence-electron chi connectivity index (χ0n) is 9.64. The molecule has 3 N–H and O–H groups in total. The highest BCUT2D eigenvalue weighted by Crippen LogP contribution is 2.22. The Morgan fingerprint density at radius 3 is 2.06 bits per heavy atom. The number of aliphatic hydroxyl groups is 2. The summed E-state index contributed by atoms with van der Waals surface area (Å²) in [5, 5.41) is 20.9. The largest absolute Gasteiger partial charge is 0.394 e. The van der Waals surface area contributed by atoms with E-state index in [1.807, 2.05) is 0 Å². The summed E-state index contributed by atoms with van der Waals surface area (Å²) >= 11 is 0. The van der Waals surface area contributed by atoms with Crippen LogP contribution in [0, 0.1) is 0 Å². The topological polar surface area (TPSA) is 52.5 Å². The first kappa shape index (κ1) is 15.7. The van der Waals surface area contributed by atoms with Gasteiger partial charge in [0.25, 0.3) is 0 Å². The number of nitrogens with one attached hydrogen (secondary N) is 1. The molecule has 0 spiro atoms. The Hall–Kier alpha value is -0.330. The Bertz CT molecular complexity index is 193. The van der Waals surface area contributed by atoms with Crippen LogP contribution in [-0.4, -0.2) is 41.2 Å². The van der Waals surface area contributed by atoms with Gasteiger partial charge in [0.15, 0.2) is 0 Å². The SMILES string of the molecule is CC(CCCC(F)(F)F)NC(C)(CO)CO. The van der Waals surface area contributed by atoms with Gasteiger partial charge in [-0.3, -0.25) is 0 Å². The van der Waals surface area contributed by atoms with Gasteiger partial charge in [0.05, 0.1) is 18.8 Å². The lowest BCUT2D eigenvalue weighted by Crippen LogP contribution is -2.52. The molecule has 0 saturated heterocycles. The molecule has 0 rings (SSSR count). The van der Waals surface area contributed by atoms with E-state index >= 15 is 0 Å². The molecule has 1 atom stereocenters. The maximum atomic E-state index is 11.9. The molecular formula is C10H20F3NO2. The number of alkyl halides is 3. The fourth-order valence-corrected chi connectivity index (χ4v) is 1.42. The lowest BCUT2D eigenvalue weighted by Gasteiger charge is -2.30. The molecule has 3 nitrogen and oxygen atoms in total. The van der Waals surface area contributed by atoms with Crippen molar-refractivity contribution >= 4 is 0 Å². The average molecular weight is 243 g/mol. The number of rotatable bonds is 7. The Kier molecular flexibility index (Phi) is 6.28. The maximum Gasteiger partial charge on any atom is 0.389 e. The molecule has 0 amide bonds. The molecule has 0 aliphatic carbocycles. The lowest BCUT2D eigenvalue weighted by molar-refractivity contribution is -0.135. The van der Waals surface area contributed by atoms with E-state index in [1.54, 1.807) is 13.8 Å². The predicted molar refractivity (Wildman–Crippen MR) is 55.1 cm³/mol. The molecule has 0 aromatic rings. The van der Waals surface area contributed by atoms with Crippen LogP contribution in [-0.2, 0) is 0 Å². The molecule has 6 heteroatoms.